The molecule has 100 valence electrons. The van der Waals surface area contributed by atoms with E-state index < -0.39 is 0 Å². The van der Waals surface area contributed by atoms with E-state index in [0.29, 0.717) is 5.92 Å². The van der Waals surface area contributed by atoms with Gasteiger partial charge < -0.3 is 15.8 Å². The van der Waals surface area contributed by atoms with Crippen LogP contribution in [0, 0.1) is 11.7 Å². The van der Waals surface area contributed by atoms with Crippen LogP contribution in [0.5, 0.6) is 5.75 Å². The van der Waals surface area contributed by atoms with E-state index in [1.807, 2.05) is 6.07 Å². The third-order valence-corrected chi connectivity index (χ3v) is 3.59. The number of methoxy groups -OCH3 is 1. The smallest absolute Gasteiger partial charge is 0.165 e. The predicted molar refractivity (Wildman–Crippen MR) is 70.1 cm³/mol. The summed E-state index contributed by atoms with van der Waals surface area (Å²) in [7, 11) is 1.46. The zero-order valence-corrected chi connectivity index (χ0v) is 10.8. The van der Waals surface area contributed by atoms with Crippen LogP contribution < -0.4 is 15.8 Å². The van der Waals surface area contributed by atoms with Gasteiger partial charge in [0.2, 0.25) is 0 Å². The molecule has 1 aliphatic heterocycles. The highest BCUT2D eigenvalue weighted by molar-refractivity contribution is 5.30. The Kier molecular flexibility index (Phi) is 4.55. The van der Waals surface area contributed by atoms with Crippen molar-refractivity contribution in [2.45, 2.75) is 25.3 Å². The van der Waals surface area contributed by atoms with Gasteiger partial charge in [-0.05, 0) is 56.0 Å². The maximum atomic E-state index is 13.6. The van der Waals surface area contributed by atoms with Gasteiger partial charge in [0.05, 0.1) is 7.11 Å². The van der Waals surface area contributed by atoms with Gasteiger partial charge in [-0.25, -0.2) is 4.39 Å². The Hall–Kier alpha value is -1.13. The molecule has 3 nitrogen and oxygen atoms in total. The molecule has 1 saturated heterocycles. The highest BCUT2D eigenvalue weighted by Gasteiger charge is 2.18. The van der Waals surface area contributed by atoms with Crippen LogP contribution in [0.3, 0.4) is 0 Å². The molecule has 0 radical (unpaired) electrons. The summed E-state index contributed by atoms with van der Waals surface area (Å²) in [4.78, 5) is 0. The molecule has 3 N–H and O–H groups in total. The minimum atomic E-state index is -0.341. The zero-order chi connectivity index (χ0) is 13.0. The number of rotatable bonds is 4. The summed E-state index contributed by atoms with van der Waals surface area (Å²) in [5, 5.41) is 3.37. The van der Waals surface area contributed by atoms with E-state index >= 15 is 0 Å². The molecule has 0 aliphatic carbocycles. The second-order valence-corrected chi connectivity index (χ2v) is 4.95. The second-order valence-electron chi connectivity index (χ2n) is 4.95. The zero-order valence-electron chi connectivity index (χ0n) is 10.8. The van der Waals surface area contributed by atoms with Gasteiger partial charge in [-0.3, -0.25) is 0 Å². The summed E-state index contributed by atoms with van der Waals surface area (Å²) in [5.41, 5.74) is 7.00. The Labute approximate surface area is 108 Å². The van der Waals surface area contributed by atoms with Crippen LogP contribution in [0.4, 0.5) is 4.39 Å². The van der Waals surface area contributed by atoms with Crippen molar-refractivity contribution in [1.29, 1.82) is 0 Å². The first-order valence-corrected chi connectivity index (χ1v) is 6.50. The average molecular weight is 252 g/mol. The molecule has 0 amide bonds. The fraction of sp³-hybridized carbons (Fsp3) is 0.571. The summed E-state index contributed by atoms with van der Waals surface area (Å²) in [5.74, 6) is 0.524. The molecule has 1 aromatic rings. The molecule has 4 heteroatoms. The largest absolute Gasteiger partial charge is 0.494 e. The molecule has 1 aliphatic rings. The number of piperidine rings is 1. The van der Waals surface area contributed by atoms with E-state index in [4.69, 9.17) is 10.5 Å². The van der Waals surface area contributed by atoms with Gasteiger partial charge in [0, 0.05) is 6.04 Å². The van der Waals surface area contributed by atoms with Crippen LogP contribution >= 0.6 is 0 Å². The average Bonchev–Trinajstić information content (AvgIpc) is 2.39. The quantitative estimate of drug-likeness (QED) is 0.864. The van der Waals surface area contributed by atoms with E-state index in [1.54, 1.807) is 6.07 Å². The van der Waals surface area contributed by atoms with Crippen LogP contribution in [0.1, 0.15) is 30.9 Å². The Morgan fingerprint density at radius 1 is 1.56 bits per heavy atom. The summed E-state index contributed by atoms with van der Waals surface area (Å²) in [6, 6.07) is 4.88. The van der Waals surface area contributed by atoms with Crippen LogP contribution in [0.25, 0.3) is 0 Å². The van der Waals surface area contributed by atoms with Gasteiger partial charge in [0.1, 0.15) is 0 Å². The highest BCUT2D eigenvalue weighted by Crippen LogP contribution is 2.26. The number of nitrogens with one attached hydrogen (secondary N) is 1. The van der Waals surface area contributed by atoms with Crippen molar-refractivity contribution in [3.8, 4) is 5.75 Å². The molecule has 2 rings (SSSR count). The van der Waals surface area contributed by atoms with Crippen molar-refractivity contribution in [3.63, 3.8) is 0 Å². The number of halogens is 1. The van der Waals surface area contributed by atoms with Crippen LogP contribution in [-0.2, 0) is 0 Å². The highest BCUT2D eigenvalue weighted by atomic mass is 19.1. The number of hydrogen-bond acceptors (Lipinski definition) is 3. The lowest BCUT2D eigenvalue weighted by Crippen LogP contribution is -2.31. The molecule has 0 bridgehead atoms. The lowest BCUT2D eigenvalue weighted by Gasteiger charge is -2.25. The molecule has 1 aromatic carbocycles. The Morgan fingerprint density at radius 2 is 2.39 bits per heavy atom. The first-order chi connectivity index (χ1) is 8.70. The van der Waals surface area contributed by atoms with E-state index in [-0.39, 0.29) is 17.6 Å². The SMILES string of the molecule is COc1ccc(C(N)CC2CCCNC2)cc1F. The molecule has 0 aromatic heterocycles. The Balaban J connectivity index is 1.99. The van der Waals surface area contributed by atoms with Gasteiger partial charge in [-0.1, -0.05) is 6.07 Å². The first kappa shape index (κ1) is 13.3. The summed E-state index contributed by atoms with van der Waals surface area (Å²) < 4.78 is 18.5. The molecule has 1 heterocycles. The van der Waals surface area contributed by atoms with E-state index in [2.05, 4.69) is 5.32 Å². The third-order valence-electron chi connectivity index (χ3n) is 3.59. The first-order valence-electron chi connectivity index (χ1n) is 6.50. The standard InChI is InChI=1S/C14H21FN2O/c1-18-14-5-4-11(8-12(14)15)13(16)7-10-3-2-6-17-9-10/h4-5,8,10,13,17H,2-3,6-7,9,16H2,1H3. The van der Waals surface area contributed by atoms with Crippen LogP contribution in [0.2, 0.25) is 0 Å². The van der Waals surface area contributed by atoms with E-state index in [1.165, 1.54) is 26.0 Å². The maximum absolute atomic E-state index is 13.6. The molecule has 18 heavy (non-hydrogen) atoms. The van der Waals surface area contributed by atoms with Crippen molar-refractivity contribution < 1.29 is 9.13 Å². The maximum Gasteiger partial charge on any atom is 0.165 e. The second kappa shape index (κ2) is 6.16. The Morgan fingerprint density at radius 3 is 3.00 bits per heavy atom. The number of benzene rings is 1. The summed E-state index contributed by atoms with van der Waals surface area (Å²) >= 11 is 0. The predicted octanol–water partition coefficient (Wildman–Crippen LogP) is 2.22. The van der Waals surface area contributed by atoms with Crippen LogP contribution in [-0.4, -0.2) is 20.2 Å². The van der Waals surface area contributed by atoms with Crippen LogP contribution in [0.15, 0.2) is 18.2 Å². The fourth-order valence-corrected chi connectivity index (χ4v) is 2.53. The minimum Gasteiger partial charge on any atom is -0.494 e. The topological polar surface area (TPSA) is 47.3 Å². The van der Waals surface area contributed by atoms with Crippen molar-refractivity contribution in [3.05, 3.63) is 29.6 Å². The summed E-state index contributed by atoms with van der Waals surface area (Å²) in [6.45, 7) is 2.12. The van der Waals surface area contributed by atoms with E-state index in [9.17, 15) is 4.39 Å². The molecular weight excluding hydrogens is 231 g/mol. The number of ether oxygens (including phenoxy) is 1. The van der Waals surface area contributed by atoms with Crippen molar-refractivity contribution in [2.75, 3.05) is 20.2 Å². The van der Waals surface area contributed by atoms with Gasteiger partial charge in [-0.15, -0.1) is 0 Å². The lowest BCUT2D eigenvalue weighted by molar-refractivity contribution is 0.336. The monoisotopic (exact) mass is 252 g/mol. The van der Waals surface area contributed by atoms with Gasteiger partial charge >= 0.3 is 0 Å². The molecular formula is C14H21FN2O. The van der Waals surface area contributed by atoms with Gasteiger partial charge in [0.25, 0.3) is 0 Å². The number of nitrogens with two attached hydrogens (primary N) is 1. The molecule has 2 unspecified atom stereocenters. The number of hydrogen-bond donors (Lipinski definition) is 2. The van der Waals surface area contributed by atoms with Crippen molar-refractivity contribution in [2.24, 2.45) is 11.7 Å². The fourth-order valence-electron chi connectivity index (χ4n) is 2.53. The van der Waals surface area contributed by atoms with Gasteiger partial charge in [-0.2, -0.15) is 0 Å². The molecule has 1 fully saturated rings. The lowest BCUT2D eigenvalue weighted by atomic mass is 9.90. The summed E-state index contributed by atoms with van der Waals surface area (Å²) in [6.07, 6.45) is 3.31. The van der Waals surface area contributed by atoms with Gasteiger partial charge in [0.15, 0.2) is 11.6 Å². The Bertz CT molecular complexity index is 391. The minimum absolute atomic E-state index is 0.102. The van der Waals surface area contributed by atoms with E-state index in [0.717, 1.165) is 25.1 Å². The normalized spacial score (nSPS) is 21.6. The third kappa shape index (κ3) is 3.21. The molecule has 0 spiro atoms. The molecule has 2 atom stereocenters. The van der Waals surface area contributed by atoms with Crippen molar-refractivity contribution >= 4 is 0 Å². The molecule has 0 saturated carbocycles. The van der Waals surface area contributed by atoms with Crippen molar-refractivity contribution in [1.82, 2.24) is 5.32 Å².